The van der Waals surface area contributed by atoms with Crippen LogP contribution in [-0.4, -0.2) is 31.6 Å². The van der Waals surface area contributed by atoms with Gasteiger partial charge in [-0.1, -0.05) is 31.8 Å². The first-order valence-electron chi connectivity index (χ1n) is 7.87. The zero-order chi connectivity index (χ0) is 17.0. The molecular weight excluding hydrogens is 306 g/mol. The third kappa shape index (κ3) is 4.59. The van der Waals surface area contributed by atoms with Crippen molar-refractivity contribution in [1.82, 2.24) is 9.78 Å². The molecule has 2 aromatic rings. The molecule has 23 heavy (non-hydrogen) atoms. The lowest BCUT2D eigenvalue weighted by atomic mass is 10.1. The van der Waals surface area contributed by atoms with Crippen LogP contribution in [0.25, 0.3) is 11.1 Å². The molecule has 2 rings (SSSR count). The van der Waals surface area contributed by atoms with Crippen molar-refractivity contribution in [3.8, 4) is 17.0 Å². The van der Waals surface area contributed by atoms with Crippen LogP contribution in [0, 0.1) is 6.92 Å². The summed E-state index contributed by atoms with van der Waals surface area (Å²) in [4.78, 5) is 0. The minimum atomic E-state index is -1.08. The van der Waals surface area contributed by atoms with E-state index in [1.165, 1.54) is 0 Å². The number of hydrogen-bond acceptors (Lipinski definition) is 4. The Morgan fingerprint density at radius 3 is 2.39 bits per heavy atom. The molecule has 0 fully saturated rings. The molecule has 0 aliphatic rings. The summed E-state index contributed by atoms with van der Waals surface area (Å²) < 4.78 is 13.2. The fourth-order valence-corrected chi connectivity index (χ4v) is 3.12. The quantitative estimate of drug-likeness (QED) is 0.476. The lowest BCUT2D eigenvalue weighted by Gasteiger charge is -2.15. The van der Waals surface area contributed by atoms with Gasteiger partial charge in [-0.15, -0.1) is 0 Å². The summed E-state index contributed by atoms with van der Waals surface area (Å²) in [6.07, 6.45) is 0. The van der Waals surface area contributed by atoms with Crippen LogP contribution in [0.5, 0.6) is 5.88 Å². The molecule has 5 nitrogen and oxygen atoms in total. The van der Waals surface area contributed by atoms with Gasteiger partial charge in [-0.2, -0.15) is 5.10 Å². The summed E-state index contributed by atoms with van der Waals surface area (Å²) in [5, 5.41) is 4.56. The maximum atomic E-state index is 5.80. The lowest BCUT2D eigenvalue weighted by molar-refractivity contribution is 0.0722. The molecule has 0 radical (unpaired) electrons. The van der Waals surface area contributed by atoms with E-state index in [2.05, 4.69) is 24.7 Å². The zero-order valence-electron chi connectivity index (χ0n) is 14.7. The largest absolute Gasteiger partial charge is 0.481 e. The Labute approximate surface area is 139 Å². The molecule has 0 bridgehead atoms. The number of methoxy groups -OCH3 is 1. The lowest BCUT2D eigenvalue weighted by Crippen LogP contribution is -2.22. The molecule has 126 valence electrons. The summed E-state index contributed by atoms with van der Waals surface area (Å²) in [7, 11) is 0.584. The first kappa shape index (κ1) is 17.6. The van der Waals surface area contributed by atoms with Gasteiger partial charge in [0.15, 0.2) is 0 Å². The molecule has 1 aromatic heterocycles. The second-order valence-electron chi connectivity index (χ2n) is 6.94. The first-order valence-corrected chi connectivity index (χ1v) is 11.6. The smallest absolute Gasteiger partial charge is 0.222 e. The summed E-state index contributed by atoms with van der Waals surface area (Å²) >= 11 is 0. The minimum absolute atomic E-state index is 0.406. The predicted octanol–water partition coefficient (Wildman–Crippen LogP) is 3.76. The second-order valence-corrected chi connectivity index (χ2v) is 12.6. The number of benzene rings is 1. The van der Waals surface area contributed by atoms with E-state index in [0.717, 1.165) is 41.0 Å². The molecule has 0 spiro atoms. The van der Waals surface area contributed by atoms with E-state index >= 15 is 0 Å². The highest BCUT2D eigenvalue weighted by atomic mass is 28.3. The van der Waals surface area contributed by atoms with Crippen molar-refractivity contribution in [1.29, 1.82) is 0 Å². The SMILES string of the molecule is COc1c(-c2ccc(N)cc2)c(C)nn1COCC[Si](C)(C)C. The van der Waals surface area contributed by atoms with Crippen molar-refractivity contribution in [3.63, 3.8) is 0 Å². The van der Waals surface area contributed by atoms with Crippen LogP contribution in [0.4, 0.5) is 5.69 Å². The number of nitrogen functional groups attached to an aromatic ring is 1. The van der Waals surface area contributed by atoms with Gasteiger partial charge >= 0.3 is 0 Å². The predicted molar refractivity (Wildman–Crippen MR) is 97.5 cm³/mol. The number of anilines is 1. The summed E-state index contributed by atoms with van der Waals surface area (Å²) in [5.41, 5.74) is 9.46. The molecule has 1 aromatic carbocycles. The van der Waals surface area contributed by atoms with Gasteiger partial charge in [0.25, 0.3) is 0 Å². The van der Waals surface area contributed by atoms with Crippen LogP contribution >= 0.6 is 0 Å². The third-order valence-electron chi connectivity index (χ3n) is 3.68. The van der Waals surface area contributed by atoms with E-state index in [-0.39, 0.29) is 0 Å². The molecule has 0 aliphatic heterocycles. The molecule has 0 atom stereocenters. The van der Waals surface area contributed by atoms with E-state index in [9.17, 15) is 0 Å². The van der Waals surface area contributed by atoms with Crippen LogP contribution in [0.1, 0.15) is 5.69 Å². The number of nitrogens with zero attached hydrogens (tertiary/aromatic N) is 2. The number of rotatable bonds is 7. The number of hydrogen-bond donors (Lipinski definition) is 1. The fourth-order valence-electron chi connectivity index (χ4n) is 2.37. The molecule has 0 aliphatic carbocycles. The standard InChI is InChI=1S/C17H27N3O2Si/c1-13-16(14-6-8-15(18)9-7-14)17(21-2)20(19-13)12-22-10-11-23(3,4)5/h6-9H,10-12,18H2,1-5H3. The summed E-state index contributed by atoms with van der Waals surface area (Å²) in [5.74, 6) is 0.722. The maximum absolute atomic E-state index is 5.80. The fraction of sp³-hybridized carbons (Fsp3) is 0.471. The summed E-state index contributed by atoms with van der Waals surface area (Å²) in [6, 6.07) is 8.88. The van der Waals surface area contributed by atoms with Crippen molar-refractivity contribution in [2.45, 2.75) is 39.3 Å². The topological polar surface area (TPSA) is 62.3 Å². The number of ether oxygens (including phenoxy) is 2. The molecule has 2 N–H and O–H groups in total. The van der Waals surface area contributed by atoms with Gasteiger partial charge in [-0.25, -0.2) is 4.68 Å². The van der Waals surface area contributed by atoms with Crippen LogP contribution in [0.3, 0.4) is 0 Å². The average molecular weight is 334 g/mol. The first-order chi connectivity index (χ1) is 10.8. The normalized spacial score (nSPS) is 11.7. The van der Waals surface area contributed by atoms with Gasteiger partial charge in [0.2, 0.25) is 5.88 Å². The Morgan fingerprint density at radius 2 is 1.83 bits per heavy atom. The van der Waals surface area contributed by atoms with Crippen LogP contribution in [0.2, 0.25) is 25.7 Å². The van der Waals surface area contributed by atoms with Gasteiger partial charge in [0.05, 0.1) is 18.4 Å². The molecular formula is C17H27N3O2Si. The number of aromatic nitrogens is 2. The molecule has 1 heterocycles. The van der Waals surface area contributed by atoms with E-state index in [4.69, 9.17) is 15.2 Å². The van der Waals surface area contributed by atoms with Gasteiger partial charge < -0.3 is 15.2 Å². The van der Waals surface area contributed by atoms with Crippen molar-refractivity contribution in [2.24, 2.45) is 0 Å². The molecule has 0 unspecified atom stereocenters. The second kappa shape index (κ2) is 7.19. The Kier molecular flexibility index (Phi) is 5.49. The highest BCUT2D eigenvalue weighted by Crippen LogP contribution is 2.33. The minimum Gasteiger partial charge on any atom is -0.481 e. The average Bonchev–Trinajstić information content (AvgIpc) is 2.79. The van der Waals surface area contributed by atoms with Crippen LogP contribution in [0.15, 0.2) is 24.3 Å². The van der Waals surface area contributed by atoms with Crippen molar-refractivity contribution in [2.75, 3.05) is 19.5 Å². The van der Waals surface area contributed by atoms with Gasteiger partial charge in [-0.05, 0) is 30.7 Å². The van der Waals surface area contributed by atoms with Crippen molar-refractivity contribution >= 4 is 13.8 Å². The Morgan fingerprint density at radius 1 is 1.17 bits per heavy atom. The number of aryl methyl sites for hydroxylation is 1. The van der Waals surface area contributed by atoms with Crippen LogP contribution in [-0.2, 0) is 11.5 Å². The van der Waals surface area contributed by atoms with Gasteiger partial charge in [0.1, 0.15) is 6.73 Å². The maximum Gasteiger partial charge on any atom is 0.222 e. The third-order valence-corrected chi connectivity index (χ3v) is 5.39. The zero-order valence-corrected chi connectivity index (χ0v) is 15.7. The van der Waals surface area contributed by atoms with E-state index in [1.807, 2.05) is 31.2 Å². The van der Waals surface area contributed by atoms with Crippen molar-refractivity contribution < 1.29 is 9.47 Å². The van der Waals surface area contributed by atoms with Gasteiger partial charge in [-0.3, -0.25) is 0 Å². The molecule has 0 saturated heterocycles. The Hall–Kier alpha value is -1.79. The highest BCUT2D eigenvalue weighted by Gasteiger charge is 2.18. The summed E-state index contributed by atoms with van der Waals surface area (Å²) in [6.45, 7) is 10.2. The molecule has 0 amide bonds. The van der Waals surface area contributed by atoms with E-state index in [0.29, 0.717) is 6.73 Å². The van der Waals surface area contributed by atoms with Gasteiger partial charge in [0, 0.05) is 20.4 Å². The van der Waals surface area contributed by atoms with Crippen LogP contribution < -0.4 is 10.5 Å². The van der Waals surface area contributed by atoms with Crippen molar-refractivity contribution in [3.05, 3.63) is 30.0 Å². The van der Waals surface area contributed by atoms with E-state index < -0.39 is 8.07 Å². The Balaban J connectivity index is 2.16. The molecule has 0 saturated carbocycles. The monoisotopic (exact) mass is 333 g/mol. The highest BCUT2D eigenvalue weighted by molar-refractivity contribution is 6.76. The molecule has 6 heteroatoms. The Bertz CT molecular complexity index is 645. The van der Waals surface area contributed by atoms with E-state index in [1.54, 1.807) is 11.8 Å². The number of nitrogens with two attached hydrogens (primary N) is 1.